The molecule has 12 nitrogen and oxygen atoms in total. The summed E-state index contributed by atoms with van der Waals surface area (Å²) in [5.74, 6) is -0.459. The number of nitrogen functional groups attached to an aromatic ring is 1. The highest BCUT2D eigenvalue weighted by atomic mass is 32.1. The largest absolute Gasteiger partial charge is 0.461 e. The Morgan fingerprint density at radius 3 is 2.89 bits per heavy atom. The number of aryl methyl sites for hydroxylation is 1. The van der Waals surface area contributed by atoms with Gasteiger partial charge in [0, 0.05) is 30.8 Å². The fraction of sp³-hybridized carbons (Fsp3) is 0.400. The monoisotopic (exact) mass is 649 g/mol. The summed E-state index contributed by atoms with van der Waals surface area (Å²) < 4.78 is 63.5. The first-order chi connectivity index (χ1) is 22.3. The van der Waals surface area contributed by atoms with E-state index >= 15 is 4.39 Å². The van der Waals surface area contributed by atoms with Gasteiger partial charge in [-0.25, -0.2) is 13.2 Å². The van der Waals surface area contributed by atoms with Crippen molar-refractivity contribution in [2.45, 2.75) is 57.7 Å². The molecule has 0 radical (unpaired) electrons. The fourth-order valence-electron chi connectivity index (χ4n) is 7.06. The van der Waals surface area contributed by atoms with E-state index in [-0.39, 0.29) is 75.6 Å². The molecule has 3 aliphatic rings. The van der Waals surface area contributed by atoms with Crippen LogP contribution in [-0.4, -0.2) is 61.4 Å². The molecule has 2 atom stereocenters. The lowest BCUT2D eigenvalue weighted by molar-refractivity contribution is 0.107. The van der Waals surface area contributed by atoms with Crippen molar-refractivity contribution < 1.29 is 27.2 Å². The maximum Gasteiger partial charge on any atom is 0.319 e. The van der Waals surface area contributed by atoms with Gasteiger partial charge in [-0.1, -0.05) is 5.16 Å². The Hall–Kier alpha value is -4.59. The van der Waals surface area contributed by atoms with Gasteiger partial charge in [-0.3, -0.25) is 9.88 Å². The summed E-state index contributed by atoms with van der Waals surface area (Å²) in [6, 6.07) is 1.91. The van der Waals surface area contributed by atoms with Crippen molar-refractivity contribution >= 4 is 43.1 Å². The Morgan fingerprint density at radius 1 is 1.24 bits per heavy atom. The molecule has 1 aromatic carbocycles. The quantitative estimate of drug-likeness (QED) is 0.245. The second-order valence-corrected chi connectivity index (χ2v) is 12.8. The Balaban J connectivity index is 1.31. The number of fused-ring (bicyclic) bond motifs is 5. The van der Waals surface area contributed by atoms with Crippen LogP contribution in [0.15, 0.2) is 10.7 Å². The third-order valence-corrected chi connectivity index (χ3v) is 10.1. The number of hydrogen-bond donors (Lipinski definition) is 2. The Labute approximate surface area is 263 Å². The molecule has 3 N–H and O–H groups in total. The van der Waals surface area contributed by atoms with E-state index in [1.807, 2.05) is 6.07 Å². The molecule has 8 rings (SSSR count). The van der Waals surface area contributed by atoms with E-state index in [9.17, 15) is 14.0 Å². The van der Waals surface area contributed by atoms with Crippen LogP contribution in [0.5, 0.6) is 6.01 Å². The molecule has 0 spiro atoms. The molecule has 0 saturated carbocycles. The highest BCUT2D eigenvalue weighted by Crippen LogP contribution is 2.46. The van der Waals surface area contributed by atoms with Gasteiger partial charge < -0.3 is 25.0 Å². The Bertz CT molecular complexity index is 2100. The highest BCUT2D eigenvalue weighted by Gasteiger charge is 2.49. The number of benzene rings is 1. The van der Waals surface area contributed by atoms with E-state index in [1.165, 1.54) is 0 Å². The zero-order valence-corrected chi connectivity index (χ0v) is 25.3. The van der Waals surface area contributed by atoms with Crippen molar-refractivity contribution in [1.82, 2.24) is 30.0 Å². The van der Waals surface area contributed by atoms with Gasteiger partial charge in [-0.2, -0.15) is 20.2 Å². The lowest BCUT2D eigenvalue weighted by atomic mass is 9.93. The van der Waals surface area contributed by atoms with Crippen molar-refractivity contribution in [3.05, 3.63) is 46.2 Å². The fourth-order valence-corrected chi connectivity index (χ4v) is 7.98. The maximum atomic E-state index is 17.0. The first-order valence-electron chi connectivity index (χ1n) is 14.7. The molecule has 5 aromatic rings. The molecule has 0 amide bonds. The third kappa shape index (κ3) is 4.44. The number of nitrogens with two attached hydrogens (primary N) is 1. The minimum atomic E-state index is -0.954. The van der Waals surface area contributed by atoms with Gasteiger partial charge in [0.1, 0.15) is 35.2 Å². The number of nitrogens with zero attached hydrogens (tertiary/aromatic N) is 7. The molecule has 236 valence electrons. The van der Waals surface area contributed by atoms with E-state index in [2.05, 4.69) is 35.3 Å². The van der Waals surface area contributed by atoms with Gasteiger partial charge in [-0.05, 0) is 30.5 Å². The van der Waals surface area contributed by atoms with Crippen molar-refractivity contribution in [3.63, 3.8) is 0 Å². The summed E-state index contributed by atoms with van der Waals surface area (Å²) in [5, 5.41) is 17.6. The molecule has 3 aliphatic heterocycles. The Kier molecular flexibility index (Phi) is 6.74. The molecule has 7 heterocycles. The van der Waals surface area contributed by atoms with Crippen LogP contribution in [0, 0.1) is 29.9 Å². The van der Waals surface area contributed by atoms with E-state index in [0.29, 0.717) is 41.2 Å². The number of nitriles is 1. The summed E-state index contributed by atoms with van der Waals surface area (Å²) in [6.45, 7) is 3.16. The molecule has 2 saturated heterocycles. The number of halogens is 3. The lowest BCUT2D eigenvalue weighted by Crippen LogP contribution is -2.43. The van der Waals surface area contributed by atoms with Crippen LogP contribution in [0.3, 0.4) is 0 Å². The highest BCUT2D eigenvalue weighted by molar-refractivity contribution is 7.23. The average Bonchev–Trinajstić information content (AvgIpc) is 3.85. The maximum absolute atomic E-state index is 17.0. The summed E-state index contributed by atoms with van der Waals surface area (Å²) in [6.07, 6.45) is 2.06. The standard InChI is InChI=1S/C30H26F3N9O3S/c1-13-38-19(41-45-13)8-37-28-22-17-11-43-10-16(17)20(24-21-15(6-34)27(35)46-26(21)18(32)7-36-24)23(33)25(22)39-29(40-28)44-12-30-3-2-4-42(30)9-14(31)5-30/h7,14H,2-5,8-12,35H2,1H3,(H,37,39,40)/t14-,30+/m1/s1. The van der Waals surface area contributed by atoms with Gasteiger partial charge >= 0.3 is 6.01 Å². The molecule has 0 aliphatic carbocycles. The smallest absolute Gasteiger partial charge is 0.319 e. The number of aromatic nitrogens is 5. The van der Waals surface area contributed by atoms with Crippen LogP contribution in [0.1, 0.15) is 47.7 Å². The number of ether oxygens (including phenoxy) is 2. The molecular formula is C30H26F3N9O3S. The van der Waals surface area contributed by atoms with Gasteiger partial charge in [-0.15, -0.1) is 11.3 Å². The summed E-state index contributed by atoms with van der Waals surface area (Å²) in [7, 11) is 0. The normalized spacial score (nSPS) is 20.8. The summed E-state index contributed by atoms with van der Waals surface area (Å²) in [5.41, 5.74) is 6.66. The molecule has 4 aromatic heterocycles. The third-order valence-electron chi connectivity index (χ3n) is 9.04. The molecule has 0 unspecified atom stereocenters. The molecule has 0 bridgehead atoms. The van der Waals surface area contributed by atoms with Crippen LogP contribution >= 0.6 is 11.3 Å². The zero-order valence-electron chi connectivity index (χ0n) is 24.5. The van der Waals surface area contributed by atoms with Crippen LogP contribution in [-0.2, 0) is 24.5 Å². The van der Waals surface area contributed by atoms with Crippen molar-refractivity contribution in [2.75, 3.05) is 30.7 Å². The van der Waals surface area contributed by atoms with Crippen molar-refractivity contribution in [3.8, 4) is 23.3 Å². The minimum absolute atomic E-state index is 0.0155. The topological polar surface area (TPSA) is 161 Å². The second kappa shape index (κ2) is 10.7. The summed E-state index contributed by atoms with van der Waals surface area (Å²) in [4.78, 5) is 19.8. The SMILES string of the molecule is Cc1nc(CNc2nc(OC[C@@]34CCCN3C[C@H](F)C4)nc3c(F)c(-c4ncc(F)c5sc(N)c(C#N)c45)c4c(c23)COC4)no1. The number of anilines is 2. The lowest BCUT2D eigenvalue weighted by Gasteiger charge is -2.30. The number of hydrogen-bond acceptors (Lipinski definition) is 13. The predicted octanol–water partition coefficient (Wildman–Crippen LogP) is 4.93. The van der Waals surface area contributed by atoms with Gasteiger partial charge in [0.05, 0.1) is 52.8 Å². The number of alkyl halides is 1. The number of thiophene rings is 1. The molecular weight excluding hydrogens is 623 g/mol. The van der Waals surface area contributed by atoms with E-state index in [1.54, 1.807) is 6.92 Å². The van der Waals surface area contributed by atoms with E-state index < -0.39 is 23.3 Å². The predicted molar refractivity (Wildman–Crippen MR) is 161 cm³/mol. The first kappa shape index (κ1) is 28.9. The van der Waals surface area contributed by atoms with Crippen LogP contribution < -0.4 is 15.8 Å². The van der Waals surface area contributed by atoms with Crippen molar-refractivity contribution in [1.29, 1.82) is 5.26 Å². The van der Waals surface area contributed by atoms with Crippen molar-refractivity contribution in [2.24, 2.45) is 0 Å². The number of rotatable bonds is 7. The molecule has 46 heavy (non-hydrogen) atoms. The van der Waals surface area contributed by atoms with Gasteiger partial charge in [0.15, 0.2) is 17.5 Å². The Morgan fingerprint density at radius 2 is 2.09 bits per heavy atom. The van der Waals surface area contributed by atoms with Gasteiger partial charge in [0.2, 0.25) is 5.89 Å². The zero-order chi connectivity index (χ0) is 31.7. The first-order valence-corrected chi connectivity index (χ1v) is 15.5. The summed E-state index contributed by atoms with van der Waals surface area (Å²) >= 11 is 0.899. The van der Waals surface area contributed by atoms with Crippen LogP contribution in [0.4, 0.5) is 24.0 Å². The number of nitrogens with one attached hydrogen (secondary N) is 1. The van der Waals surface area contributed by atoms with Crippen LogP contribution in [0.25, 0.3) is 32.2 Å². The number of pyridine rings is 1. The average molecular weight is 650 g/mol. The molecule has 2 fully saturated rings. The van der Waals surface area contributed by atoms with Gasteiger partial charge in [0.25, 0.3) is 0 Å². The second-order valence-electron chi connectivity index (χ2n) is 11.8. The molecule has 16 heteroatoms. The minimum Gasteiger partial charge on any atom is -0.461 e. The van der Waals surface area contributed by atoms with Crippen LogP contribution in [0.2, 0.25) is 0 Å². The van der Waals surface area contributed by atoms with E-state index in [4.69, 9.17) is 19.7 Å². The van der Waals surface area contributed by atoms with E-state index in [0.717, 1.165) is 36.9 Å².